The first-order valence-corrected chi connectivity index (χ1v) is 8.83. The molecule has 0 aliphatic carbocycles. The summed E-state index contributed by atoms with van der Waals surface area (Å²) in [6, 6.07) is 15.8. The Morgan fingerprint density at radius 2 is 1.73 bits per heavy atom. The number of hydrogen-bond acceptors (Lipinski definition) is 4. The SMILES string of the molecule is CC1(CCc2ccccc2)N=C(N)N=C(N)C1c1ccc(Cl)c(Cl)c1.Cl. The Bertz CT molecular complexity index is 836. The minimum Gasteiger partial charge on any atom is -0.386 e. The summed E-state index contributed by atoms with van der Waals surface area (Å²) in [6.45, 7) is 2.05. The summed E-state index contributed by atoms with van der Waals surface area (Å²) in [6.07, 6.45) is 1.64. The van der Waals surface area contributed by atoms with Crippen LogP contribution in [0.2, 0.25) is 10.0 Å². The minimum atomic E-state index is -0.511. The Hall–Kier alpha value is -1.75. The summed E-state index contributed by atoms with van der Waals surface area (Å²) in [5.41, 5.74) is 13.8. The largest absolute Gasteiger partial charge is 0.386 e. The molecule has 0 radical (unpaired) electrons. The minimum absolute atomic E-state index is 0. The van der Waals surface area contributed by atoms with Crippen molar-refractivity contribution in [2.45, 2.75) is 31.2 Å². The quantitative estimate of drug-likeness (QED) is 0.772. The number of guanidine groups is 1. The van der Waals surface area contributed by atoms with E-state index in [1.54, 1.807) is 6.07 Å². The van der Waals surface area contributed by atoms with Gasteiger partial charge >= 0.3 is 0 Å². The normalized spacial score (nSPS) is 22.2. The van der Waals surface area contributed by atoms with Crippen LogP contribution in [-0.2, 0) is 6.42 Å². The molecule has 1 heterocycles. The maximum absolute atomic E-state index is 6.25. The predicted octanol–water partition coefficient (Wildman–Crippen LogP) is 4.58. The fraction of sp³-hybridized carbons (Fsp3) is 0.263. The zero-order chi connectivity index (χ0) is 18.0. The van der Waals surface area contributed by atoms with E-state index in [0.717, 1.165) is 18.4 Å². The van der Waals surface area contributed by atoms with Crippen molar-refractivity contribution in [2.24, 2.45) is 21.5 Å². The number of aliphatic imine (C=N–C) groups is 2. The third-order valence-electron chi connectivity index (χ3n) is 4.57. The number of nitrogens with zero attached hydrogens (tertiary/aromatic N) is 2. The summed E-state index contributed by atoms with van der Waals surface area (Å²) in [5.74, 6) is 0.448. The molecule has 0 bridgehead atoms. The van der Waals surface area contributed by atoms with Gasteiger partial charge in [-0.15, -0.1) is 12.4 Å². The molecule has 7 heteroatoms. The smallest absolute Gasteiger partial charge is 0.217 e. The molecule has 1 aliphatic rings. The van der Waals surface area contributed by atoms with Crippen LogP contribution in [0.4, 0.5) is 0 Å². The van der Waals surface area contributed by atoms with E-state index in [9.17, 15) is 0 Å². The average Bonchev–Trinajstić information content (AvgIpc) is 2.56. The standard InChI is InChI=1S/C19H20Cl2N4.ClH/c1-19(10-9-12-5-3-2-4-6-12)16(17(22)24-18(23)25-19)13-7-8-14(20)15(21)11-13;/h2-8,11,16H,9-10H2,1H3,(H4,22,23,24,25);1H. The Morgan fingerprint density at radius 1 is 1.04 bits per heavy atom. The van der Waals surface area contributed by atoms with E-state index < -0.39 is 5.54 Å². The summed E-state index contributed by atoms with van der Waals surface area (Å²) in [5, 5.41) is 0.991. The van der Waals surface area contributed by atoms with Crippen LogP contribution in [0.25, 0.3) is 0 Å². The molecule has 1 aliphatic heterocycles. The van der Waals surface area contributed by atoms with E-state index in [1.165, 1.54) is 5.56 Å². The number of halogens is 3. The highest BCUT2D eigenvalue weighted by Crippen LogP contribution is 2.39. The molecule has 4 nitrogen and oxygen atoms in total. The maximum Gasteiger partial charge on any atom is 0.217 e. The van der Waals surface area contributed by atoms with E-state index in [-0.39, 0.29) is 24.3 Å². The van der Waals surface area contributed by atoms with Crippen molar-refractivity contribution in [2.75, 3.05) is 0 Å². The molecule has 2 unspecified atom stereocenters. The number of hydrogen-bond donors (Lipinski definition) is 2. The van der Waals surface area contributed by atoms with Gasteiger partial charge in [-0.2, -0.15) is 0 Å². The Morgan fingerprint density at radius 3 is 2.38 bits per heavy atom. The lowest BCUT2D eigenvalue weighted by atomic mass is 9.76. The fourth-order valence-corrected chi connectivity index (χ4v) is 3.64. The molecular weight excluding hydrogens is 391 g/mol. The van der Waals surface area contributed by atoms with Crippen LogP contribution >= 0.6 is 35.6 Å². The van der Waals surface area contributed by atoms with Crippen molar-refractivity contribution in [1.82, 2.24) is 0 Å². The molecule has 0 spiro atoms. The van der Waals surface area contributed by atoms with Gasteiger partial charge in [-0.05, 0) is 43.0 Å². The van der Waals surface area contributed by atoms with Gasteiger partial charge in [-0.1, -0.05) is 59.6 Å². The van der Waals surface area contributed by atoms with Crippen LogP contribution in [0.5, 0.6) is 0 Å². The Balaban J connectivity index is 0.00000243. The van der Waals surface area contributed by atoms with Crippen molar-refractivity contribution < 1.29 is 0 Å². The van der Waals surface area contributed by atoms with Gasteiger partial charge in [-0.25, -0.2) is 9.98 Å². The van der Waals surface area contributed by atoms with Crippen LogP contribution in [-0.4, -0.2) is 17.3 Å². The van der Waals surface area contributed by atoms with Gasteiger partial charge in [0.05, 0.1) is 21.5 Å². The van der Waals surface area contributed by atoms with Crippen LogP contribution in [0.3, 0.4) is 0 Å². The zero-order valence-corrected chi connectivity index (χ0v) is 16.7. The Kier molecular flexibility index (Phi) is 6.56. The van der Waals surface area contributed by atoms with E-state index in [2.05, 4.69) is 29.0 Å². The molecule has 138 valence electrons. The first-order chi connectivity index (χ1) is 11.9. The van der Waals surface area contributed by atoms with E-state index in [1.807, 2.05) is 30.3 Å². The molecule has 2 aromatic rings. The highest BCUT2D eigenvalue weighted by Gasteiger charge is 2.40. The van der Waals surface area contributed by atoms with Gasteiger partial charge in [0.2, 0.25) is 5.96 Å². The number of benzene rings is 2. The highest BCUT2D eigenvalue weighted by molar-refractivity contribution is 6.42. The molecule has 3 rings (SSSR count). The second-order valence-corrected chi connectivity index (χ2v) is 7.27. The van der Waals surface area contributed by atoms with Crippen molar-refractivity contribution >= 4 is 47.4 Å². The van der Waals surface area contributed by atoms with Crippen LogP contribution < -0.4 is 11.5 Å². The molecule has 0 saturated carbocycles. The van der Waals surface area contributed by atoms with Gasteiger partial charge in [0.25, 0.3) is 0 Å². The summed E-state index contributed by atoms with van der Waals surface area (Å²) in [4.78, 5) is 8.83. The first kappa shape index (κ1) is 20.6. The number of rotatable bonds is 4. The monoisotopic (exact) mass is 410 g/mol. The van der Waals surface area contributed by atoms with Crippen LogP contribution in [0.15, 0.2) is 58.5 Å². The summed E-state index contributed by atoms with van der Waals surface area (Å²) < 4.78 is 0. The molecule has 0 fully saturated rings. The maximum atomic E-state index is 6.25. The zero-order valence-electron chi connectivity index (χ0n) is 14.3. The van der Waals surface area contributed by atoms with Crippen LogP contribution in [0, 0.1) is 0 Å². The number of nitrogens with two attached hydrogens (primary N) is 2. The van der Waals surface area contributed by atoms with Gasteiger partial charge in [0.15, 0.2) is 0 Å². The molecular formula is C19H21Cl3N4. The van der Waals surface area contributed by atoms with Gasteiger partial charge in [0, 0.05) is 0 Å². The first-order valence-electron chi connectivity index (χ1n) is 8.07. The lowest BCUT2D eigenvalue weighted by Crippen LogP contribution is -2.45. The van der Waals surface area contributed by atoms with Gasteiger partial charge in [-0.3, -0.25) is 0 Å². The molecule has 26 heavy (non-hydrogen) atoms. The van der Waals surface area contributed by atoms with E-state index in [0.29, 0.717) is 15.9 Å². The summed E-state index contributed by atoms with van der Waals surface area (Å²) >= 11 is 12.3. The highest BCUT2D eigenvalue weighted by atomic mass is 35.5. The topological polar surface area (TPSA) is 76.8 Å². The third-order valence-corrected chi connectivity index (χ3v) is 5.31. The predicted molar refractivity (Wildman–Crippen MR) is 113 cm³/mol. The van der Waals surface area contributed by atoms with E-state index >= 15 is 0 Å². The lowest BCUT2D eigenvalue weighted by molar-refractivity contribution is 0.402. The molecule has 0 aromatic heterocycles. The number of aryl methyl sites for hydroxylation is 1. The second-order valence-electron chi connectivity index (χ2n) is 6.46. The molecule has 0 amide bonds. The molecule has 4 N–H and O–H groups in total. The van der Waals surface area contributed by atoms with Crippen molar-refractivity contribution in [3.05, 3.63) is 69.7 Å². The average molecular weight is 412 g/mol. The third kappa shape index (κ3) is 4.32. The molecule has 0 saturated heterocycles. The fourth-order valence-electron chi connectivity index (χ4n) is 3.33. The summed E-state index contributed by atoms with van der Waals surface area (Å²) in [7, 11) is 0. The van der Waals surface area contributed by atoms with E-state index in [4.69, 9.17) is 34.7 Å². The number of amidine groups is 1. The second kappa shape index (κ2) is 8.30. The van der Waals surface area contributed by atoms with Crippen molar-refractivity contribution in [3.8, 4) is 0 Å². The Labute approximate surface area is 169 Å². The lowest BCUT2D eigenvalue weighted by Gasteiger charge is -2.37. The van der Waals surface area contributed by atoms with Crippen LogP contribution in [0.1, 0.15) is 30.4 Å². The van der Waals surface area contributed by atoms with Gasteiger partial charge in [0.1, 0.15) is 5.84 Å². The van der Waals surface area contributed by atoms with Crippen molar-refractivity contribution in [1.29, 1.82) is 0 Å². The molecule has 2 aromatic carbocycles. The van der Waals surface area contributed by atoms with Gasteiger partial charge < -0.3 is 11.5 Å². The molecule has 2 atom stereocenters. The van der Waals surface area contributed by atoms with Crippen molar-refractivity contribution in [3.63, 3.8) is 0 Å².